The summed E-state index contributed by atoms with van der Waals surface area (Å²) >= 11 is 0. The van der Waals surface area contributed by atoms with Gasteiger partial charge >= 0.3 is 0 Å². The van der Waals surface area contributed by atoms with Crippen LogP contribution in [0.15, 0.2) is 52.1 Å². The Morgan fingerprint density at radius 3 is 2.70 bits per heavy atom. The van der Waals surface area contributed by atoms with Crippen molar-refractivity contribution in [2.75, 3.05) is 13.1 Å². The minimum absolute atomic E-state index is 0. The summed E-state index contributed by atoms with van der Waals surface area (Å²) in [4.78, 5) is 4.34. The Kier molecular flexibility index (Phi) is 8.64. The van der Waals surface area contributed by atoms with Crippen LogP contribution in [-0.2, 0) is 6.54 Å². The molecule has 5 nitrogen and oxygen atoms in total. The highest BCUT2D eigenvalue weighted by molar-refractivity contribution is 14.0. The molecular weight excluding hydrogens is 412 g/mol. The zero-order valence-corrected chi connectivity index (χ0v) is 15.2. The number of aliphatic imine (C=N–C) groups is 1. The maximum Gasteiger partial charge on any atom is 0.191 e. The largest absolute Gasteiger partial charge is 0.467 e. The van der Waals surface area contributed by atoms with Crippen LogP contribution in [0.25, 0.3) is 0 Å². The third-order valence-electron chi connectivity index (χ3n) is 3.04. The van der Waals surface area contributed by atoms with Gasteiger partial charge in [-0.1, -0.05) is 18.2 Å². The summed E-state index contributed by atoms with van der Waals surface area (Å²) in [7, 11) is 0. The zero-order chi connectivity index (χ0) is 15.8. The number of nitrogens with zero attached hydrogens (tertiary/aromatic N) is 1. The minimum atomic E-state index is -0.950. The van der Waals surface area contributed by atoms with E-state index in [0.29, 0.717) is 19.0 Å². The summed E-state index contributed by atoms with van der Waals surface area (Å²) in [6, 6.07) is 9.81. The molecule has 0 bridgehead atoms. The van der Waals surface area contributed by atoms with Gasteiger partial charge in [0, 0.05) is 18.7 Å². The first-order chi connectivity index (χ1) is 10.7. The molecule has 0 aliphatic carbocycles. The molecule has 2 aromatic rings. The Morgan fingerprint density at radius 2 is 2.04 bits per heavy atom. The summed E-state index contributed by atoms with van der Waals surface area (Å²) in [5.74, 6) is 0.857. The van der Waals surface area contributed by atoms with Crippen LogP contribution in [0.1, 0.15) is 24.4 Å². The van der Waals surface area contributed by atoms with Gasteiger partial charge in [-0.3, -0.25) is 0 Å². The fourth-order valence-electron chi connectivity index (χ4n) is 1.95. The second-order valence-electron chi connectivity index (χ2n) is 4.69. The first-order valence-electron chi connectivity index (χ1n) is 7.17. The van der Waals surface area contributed by atoms with Gasteiger partial charge in [-0.25, -0.2) is 9.38 Å². The Balaban J connectivity index is 0.00000264. The van der Waals surface area contributed by atoms with E-state index in [2.05, 4.69) is 15.6 Å². The van der Waals surface area contributed by atoms with Crippen LogP contribution in [0.5, 0.6) is 0 Å². The molecule has 1 aromatic carbocycles. The molecule has 0 amide bonds. The van der Waals surface area contributed by atoms with Crippen molar-refractivity contribution in [2.45, 2.75) is 19.6 Å². The van der Waals surface area contributed by atoms with Gasteiger partial charge < -0.3 is 20.2 Å². The molecule has 7 heteroatoms. The highest BCUT2D eigenvalue weighted by Gasteiger charge is 2.12. The van der Waals surface area contributed by atoms with Crippen LogP contribution >= 0.6 is 24.0 Å². The molecule has 2 rings (SSSR count). The lowest BCUT2D eigenvalue weighted by Gasteiger charge is -2.15. The predicted molar refractivity (Wildman–Crippen MR) is 98.3 cm³/mol. The number of hydrogen-bond acceptors (Lipinski definition) is 3. The van der Waals surface area contributed by atoms with E-state index in [4.69, 9.17) is 4.42 Å². The number of hydrogen-bond donors (Lipinski definition) is 3. The average molecular weight is 433 g/mol. The van der Waals surface area contributed by atoms with Crippen molar-refractivity contribution >= 4 is 29.9 Å². The summed E-state index contributed by atoms with van der Waals surface area (Å²) in [6.45, 7) is 3.17. The van der Waals surface area contributed by atoms with Gasteiger partial charge in [-0.15, -0.1) is 24.0 Å². The molecule has 0 aliphatic heterocycles. The smallest absolute Gasteiger partial charge is 0.191 e. The van der Waals surface area contributed by atoms with Gasteiger partial charge in [-0.2, -0.15) is 0 Å². The highest BCUT2D eigenvalue weighted by atomic mass is 127. The van der Waals surface area contributed by atoms with Crippen molar-refractivity contribution in [3.63, 3.8) is 0 Å². The number of rotatable bonds is 6. The van der Waals surface area contributed by atoms with E-state index in [-0.39, 0.29) is 36.1 Å². The highest BCUT2D eigenvalue weighted by Crippen LogP contribution is 2.15. The van der Waals surface area contributed by atoms with E-state index >= 15 is 0 Å². The number of furan rings is 1. The van der Waals surface area contributed by atoms with Crippen LogP contribution < -0.4 is 10.6 Å². The molecular formula is C16H21FIN3O2. The molecule has 1 unspecified atom stereocenters. The number of benzene rings is 1. The standard InChI is InChI=1S/C16H20FN3O2.HI/c1-2-18-16(19-10-12-6-5-9-22-12)20-11-15(21)13-7-3-4-8-14(13)17;/h3-9,15,21H,2,10-11H2,1H3,(H2,18,19,20);1H. The van der Waals surface area contributed by atoms with E-state index in [1.54, 1.807) is 30.5 Å². The average Bonchev–Trinajstić information content (AvgIpc) is 3.03. The van der Waals surface area contributed by atoms with Gasteiger partial charge in [0.25, 0.3) is 0 Å². The van der Waals surface area contributed by atoms with Gasteiger partial charge in [0.05, 0.1) is 12.4 Å². The van der Waals surface area contributed by atoms with E-state index in [1.165, 1.54) is 6.07 Å². The van der Waals surface area contributed by atoms with Crippen LogP contribution in [0.4, 0.5) is 4.39 Å². The van der Waals surface area contributed by atoms with Crippen LogP contribution in [-0.4, -0.2) is 24.2 Å². The molecule has 126 valence electrons. The van der Waals surface area contributed by atoms with Crippen LogP contribution in [0.3, 0.4) is 0 Å². The lowest BCUT2D eigenvalue weighted by atomic mass is 10.1. The Bertz CT molecular complexity index is 605. The number of aliphatic hydroxyl groups excluding tert-OH is 1. The summed E-state index contributed by atoms with van der Waals surface area (Å²) < 4.78 is 18.8. The molecule has 0 saturated carbocycles. The van der Waals surface area contributed by atoms with Gasteiger partial charge in [0.2, 0.25) is 0 Å². The molecule has 0 saturated heterocycles. The predicted octanol–water partition coefficient (Wildman–Crippen LogP) is 2.83. The maximum atomic E-state index is 13.6. The Labute approximate surface area is 152 Å². The normalized spacial score (nSPS) is 12.4. The van der Waals surface area contributed by atoms with E-state index in [0.717, 1.165) is 5.76 Å². The molecule has 1 aromatic heterocycles. The molecule has 0 spiro atoms. The molecule has 0 aliphatic rings. The molecule has 0 radical (unpaired) electrons. The first-order valence-corrected chi connectivity index (χ1v) is 7.17. The van der Waals surface area contributed by atoms with Crippen LogP contribution in [0.2, 0.25) is 0 Å². The monoisotopic (exact) mass is 433 g/mol. The Hall–Kier alpha value is -1.61. The third kappa shape index (κ3) is 6.19. The third-order valence-corrected chi connectivity index (χ3v) is 3.04. The minimum Gasteiger partial charge on any atom is -0.467 e. The molecule has 0 fully saturated rings. The SMILES string of the molecule is CCNC(=NCc1ccco1)NCC(O)c1ccccc1F.I. The molecule has 1 heterocycles. The fraction of sp³-hybridized carbons (Fsp3) is 0.312. The second-order valence-corrected chi connectivity index (χ2v) is 4.69. The number of aliphatic hydroxyl groups is 1. The summed E-state index contributed by atoms with van der Waals surface area (Å²) in [6.07, 6.45) is 0.640. The van der Waals surface area contributed by atoms with Crippen molar-refractivity contribution in [2.24, 2.45) is 4.99 Å². The van der Waals surface area contributed by atoms with Crippen LogP contribution in [0, 0.1) is 5.82 Å². The van der Waals surface area contributed by atoms with Gasteiger partial charge in [0.1, 0.15) is 18.1 Å². The number of halogens is 2. The van der Waals surface area contributed by atoms with Gasteiger partial charge in [-0.05, 0) is 25.1 Å². The van der Waals surface area contributed by atoms with Gasteiger partial charge in [0.15, 0.2) is 5.96 Å². The maximum absolute atomic E-state index is 13.6. The fourth-order valence-corrected chi connectivity index (χ4v) is 1.95. The van der Waals surface area contributed by atoms with Crippen molar-refractivity contribution in [3.05, 3.63) is 59.8 Å². The zero-order valence-electron chi connectivity index (χ0n) is 12.8. The second kappa shape index (κ2) is 10.2. The lowest BCUT2D eigenvalue weighted by molar-refractivity contribution is 0.176. The van der Waals surface area contributed by atoms with E-state index in [1.807, 2.05) is 13.0 Å². The summed E-state index contributed by atoms with van der Waals surface area (Å²) in [5.41, 5.74) is 0.261. The summed E-state index contributed by atoms with van der Waals surface area (Å²) in [5, 5.41) is 16.1. The van der Waals surface area contributed by atoms with Crippen molar-refractivity contribution in [3.8, 4) is 0 Å². The number of guanidine groups is 1. The van der Waals surface area contributed by atoms with Crippen molar-refractivity contribution < 1.29 is 13.9 Å². The van der Waals surface area contributed by atoms with E-state index < -0.39 is 11.9 Å². The van der Waals surface area contributed by atoms with Crippen molar-refractivity contribution in [1.29, 1.82) is 0 Å². The number of nitrogens with one attached hydrogen (secondary N) is 2. The quantitative estimate of drug-likeness (QED) is 0.373. The lowest BCUT2D eigenvalue weighted by Crippen LogP contribution is -2.39. The molecule has 1 atom stereocenters. The molecule has 23 heavy (non-hydrogen) atoms. The topological polar surface area (TPSA) is 69.8 Å². The van der Waals surface area contributed by atoms with Crippen molar-refractivity contribution in [1.82, 2.24) is 10.6 Å². The van der Waals surface area contributed by atoms with E-state index in [9.17, 15) is 9.50 Å². The first kappa shape index (κ1) is 19.4. The molecule has 3 N–H and O–H groups in total. The Morgan fingerprint density at radius 1 is 1.26 bits per heavy atom.